The highest BCUT2D eigenvalue weighted by Gasteiger charge is 2.36. The molecule has 2 aromatic heterocycles. The number of hydrogen-bond acceptors (Lipinski definition) is 7. The lowest BCUT2D eigenvalue weighted by molar-refractivity contribution is -0.139. The van der Waals surface area contributed by atoms with Crippen LogP contribution in [0.5, 0.6) is 11.5 Å². The number of nitrogens with zero attached hydrogens (tertiary/aromatic N) is 3. The Hall–Kier alpha value is -4.08. The lowest BCUT2D eigenvalue weighted by Crippen LogP contribution is -2.40. The summed E-state index contributed by atoms with van der Waals surface area (Å²) in [7, 11) is 3.13. The Morgan fingerprint density at radius 3 is 2.47 bits per heavy atom. The topological polar surface area (TPSA) is 84.0 Å². The minimum atomic E-state index is -0.814. The molecule has 0 unspecified atom stereocenters. The van der Waals surface area contributed by atoms with Crippen LogP contribution in [-0.4, -0.2) is 35.9 Å². The first-order valence-electron chi connectivity index (χ1n) is 14.1. The summed E-state index contributed by atoms with van der Waals surface area (Å²) in [5.74, 6) is 0.585. The normalized spacial score (nSPS) is 14.9. The summed E-state index contributed by atoms with van der Waals surface area (Å²) in [6.07, 6.45) is 3.20. The largest absolute Gasteiger partial charge is 0.497 e. The third-order valence-electron chi connectivity index (χ3n) is 7.47. The van der Waals surface area contributed by atoms with Crippen LogP contribution in [0, 0.1) is 13.8 Å². The number of halogens is 1. The van der Waals surface area contributed by atoms with Gasteiger partial charge < -0.3 is 18.8 Å². The van der Waals surface area contributed by atoms with E-state index in [-0.39, 0.29) is 12.2 Å². The zero-order chi connectivity index (χ0) is 30.8. The molecule has 0 aliphatic carbocycles. The molecule has 0 bridgehead atoms. The average molecular weight is 620 g/mol. The molecular formula is C33H34ClN3O5S. The first-order valence-corrected chi connectivity index (χ1v) is 15.3. The van der Waals surface area contributed by atoms with Crippen LogP contribution in [0.4, 0.5) is 0 Å². The summed E-state index contributed by atoms with van der Waals surface area (Å²) in [4.78, 5) is 33.2. The van der Waals surface area contributed by atoms with Crippen LogP contribution in [0.3, 0.4) is 0 Å². The van der Waals surface area contributed by atoms with Gasteiger partial charge in [-0.15, -0.1) is 0 Å². The van der Waals surface area contributed by atoms with Gasteiger partial charge in [0.15, 0.2) is 4.80 Å². The number of rotatable bonds is 9. The summed E-state index contributed by atoms with van der Waals surface area (Å²) >= 11 is 7.42. The number of fused-ring (bicyclic) bond motifs is 1. The van der Waals surface area contributed by atoms with Gasteiger partial charge in [0.25, 0.3) is 5.56 Å². The van der Waals surface area contributed by atoms with Crippen molar-refractivity contribution >= 4 is 35.0 Å². The lowest BCUT2D eigenvalue weighted by atomic mass is 9.93. The number of esters is 1. The minimum Gasteiger partial charge on any atom is -0.497 e. The summed E-state index contributed by atoms with van der Waals surface area (Å²) < 4.78 is 21.0. The fourth-order valence-electron chi connectivity index (χ4n) is 5.53. The maximum Gasteiger partial charge on any atom is 0.338 e. The van der Waals surface area contributed by atoms with E-state index in [0.717, 1.165) is 29.1 Å². The smallest absolute Gasteiger partial charge is 0.338 e. The molecule has 3 heterocycles. The second kappa shape index (κ2) is 12.7. The number of carbonyl (C=O) groups excluding carboxylic acids is 1. The maximum atomic E-state index is 14.3. The van der Waals surface area contributed by atoms with Crippen molar-refractivity contribution in [2.24, 2.45) is 4.99 Å². The fraction of sp³-hybridized carbons (Fsp3) is 0.303. The highest BCUT2D eigenvalue weighted by molar-refractivity contribution is 7.07. The Kier molecular flexibility index (Phi) is 8.94. The van der Waals surface area contributed by atoms with Gasteiger partial charge in [-0.05, 0) is 87.4 Å². The molecular weight excluding hydrogens is 586 g/mol. The van der Waals surface area contributed by atoms with Gasteiger partial charge in [-0.3, -0.25) is 9.36 Å². The number of ether oxygens (including phenoxy) is 3. The number of allylic oxidation sites excluding steroid dienone is 1. The molecule has 0 amide bonds. The van der Waals surface area contributed by atoms with Crippen LogP contribution in [0.25, 0.3) is 11.8 Å². The minimum absolute atomic E-state index is 0.192. The number of aromatic nitrogens is 2. The third-order valence-corrected chi connectivity index (χ3v) is 8.70. The van der Waals surface area contributed by atoms with Gasteiger partial charge in [-0.1, -0.05) is 36.3 Å². The van der Waals surface area contributed by atoms with Gasteiger partial charge in [0, 0.05) is 27.7 Å². The zero-order valence-electron chi connectivity index (χ0n) is 25.1. The molecule has 0 fully saturated rings. The molecule has 2 aromatic carbocycles. The van der Waals surface area contributed by atoms with Crippen molar-refractivity contribution in [3.05, 3.63) is 107 Å². The molecule has 8 nitrogen and oxygen atoms in total. The van der Waals surface area contributed by atoms with Crippen LogP contribution in [0.1, 0.15) is 55.2 Å². The maximum absolute atomic E-state index is 14.3. The van der Waals surface area contributed by atoms with Crippen LogP contribution < -0.4 is 24.4 Å². The highest BCUT2D eigenvalue weighted by Crippen LogP contribution is 2.38. The summed E-state index contributed by atoms with van der Waals surface area (Å²) in [5, 5.41) is 0.666. The van der Waals surface area contributed by atoms with E-state index in [2.05, 4.69) is 10.6 Å². The predicted molar refractivity (Wildman–Crippen MR) is 169 cm³/mol. The first kappa shape index (κ1) is 30.4. The number of methoxy groups -OCH3 is 2. The van der Waals surface area contributed by atoms with E-state index in [1.807, 2.05) is 51.1 Å². The monoisotopic (exact) mass is 619 g/mol. The molecule has 43 heavy (non-hydrogen) atoms. The lowest BCUT2D eigenvalue weighted by Gasteiger charge is -2.27. The van der Waals surface area contributed by atoms with Crippen molar-refractivity contribution < 1.29 is 19.0 Å². The second-order valence-electron chi connectivity index (χ2n) is 10.2. The van der Waals surface area contributed by atoms with Gasteiger partial charge >= 0.3 is 5.97 Å². The Balaban J connectivity index is 1.76. The van der Waals surface area contributed by atoms with E-state index < -0.39 is 12.0 Å². The predicted octanol–water partition coefficient (Wildman–Crippen LogP) is 5.66. The Labute approximate surface area is 259 Å². The molecule has 10 heteroatoms. The molecule has 1 aliphatic heterocycles. The van der Waals surface area contributed by atoms with Crippen molar-refractivity contribution in [3.8, 4) is 17.2 Å². The molecule has 1 atom stereocenters. The fourth-order valence-corrected chi connectivity index (χ4v) is 6.67. The number of aryl methyl sites for hydroxylation is 1. The standard InChI is InChI=1S/C33H34ClN3O5S/c1-7-9-26-29(32(39)42-8-2)30(25-18-24(40-5)14-15-27(25)41-6)37-31(38)28(43-33(37)35-26)17-21-16-19(3)36(20(21)4)23-12-10-22(34)11-13-23/h10-18,30H,7-9H2,1-6H3/b28-17-/t30-/m1/s1. The molecule has 4 aromatic rings. The van der Waals surface area contributed by atoms with Crippen molar-refractivity contribution in [3.63, 3.8) is 0 Å². The van der Waals surface area contributed by atoms with E-state index in [0.29, 0.717) is 49.1 Å². The van der Waals surface area contributed by atoms with Crippen LogP contribution >= 0.6 is 22.9 Å². The molecule has 0 saturated carbocycles. The molecule has 5 rings (SSSR count). The average Bonchev–Trinajstić information content (AvgIpc) is 3.46. The molecule has 1 aliphatic rings. The first-order chi connectivity index (χ1) is 20.7. The number of thiazole rings is 1. The second-order valence-corrected chi connectivity index (χ2v) is 11.6. The molecule has 0 saturated heterocycles. The Morgan fingerprint density at radius 1 is 1.07 bits per heavy atom. The Morgan fingerprint density at radius 2 is 1.81 bits per heavy atom. The van der Waals surface area contributed by atoms with Gasteiger partial charge in [-0.2, -0.15) is 0 Å². The molecule has 0 spiro atoms. The van der Waals surface area contributed by atoms with Crippen molar-refractivity contribution in [2.75, 3.05) is 20.8 Å². The van der Waals surface area contributed by atoms with E-state index in [4.69, 9.17) is 30.8 Å². The van der Waals surface area contributed by atoms with Gasteiger partial charge in [0.2, 0.25) is 0 Å². The summed E-state index contributed by atoms with van der Waals surface area (Å²) in [5.41, 5.74) is 5.18. The van der Waals surface area contributed by atoms with Gasteiger partial charge in [0.05, 0.1) is 36.6 Å². The highest BCUT2D eigenvalue weighted by atomic mass is 35.5. The third kappa shape index (κ3) is 5.67. The summed E-state index contributed by atoms with van der Waals surface area (Å²) in [6.45, 7) is 8.02. The molecule has 0 radical (unpaired) electrons. The summed E-state index contributed by atoms with van der Waals surface area (Å²) in [6, 6.07) is 14.2. The quantitative estimate of drug-likeness (QED) is 0.226. The number of carbonyl (C=O) groups is 1. The Bertz CT molecular complexity index is 1900. The zero-order valence-corrected chi connectivity index (χ0v) is 26.6. The van der Waals surface area contributed by atoms with Gasteiger partial charge in [-0.25, -0.2) is 9.79 Å². The van der Waals surface area contributed by atoms with E-state index >= 15 is 0 Å². The van der Waals surface area contributed by atoms with E-state index in [9.17, 15) is 9.59 Å². The molecule has 224 valence electrons. The SMILES string of the molecule is CCCC1=C(C(=O)OCC)[C@@H](c2cc(OC)ccc2OC)n2c(s/c(=C\c3cc(C)n(-c4ccc(Cl)cc4)c3C)c2=O)=N1. The number of benzene rings is 2. The van der Waals surface area contributed by atoms with Crippen molar-refractivity contribution in [1.29, 1.82) is 0 Å². The van der Waals surface area contributed by atoms with Gasteiger partial charge in [0.1, 0.15) is 17.5 Å². The molecule has 0 N–H and O–H groups in total. The van der Waals surface area contributed by atoms with Crippen LogP contribution in [-0.2, 0) is 9.53 Å². The van der Waals surface area contributed by atoms with Crippen LogP contribution in [0.2, 0.25) is 5.02 Å². The van der Waals surface area contributed by atoms with Crippen molar-refractivity contribution in [2.45, 2.75) is 46.6 Å². The van der Waals surface area contributed by atoms with Crippen LogP contribution in [0.15, 0.2) is 69.6 Å². The van der Waals surface area contributed by atoms with E-state index in [1.165, 1.54) is 11.3 Å². The van der Waals surface area contributed by atoms with E-state index in [1.54, 1.807) is 43.9 Å². The van der Waals surface area contributed by atoms with Crippen molar-refractivity contribution in [1.82, 2.24) is 9.13 Å². The number of hydrogen-bond donors (Lipinski definition) is 0.